The van der Waals surface area contributed by atoms with Crippen molar-refractivity contribution in [2.45, 2.75) is 25.8 Å². The average molecular weight is 295 g/mol. The van der Waals surface area contributed by atoms with E-state index in [-0.39, 0.29) is 18.9 Å². The Bertz CT molecular complexity index is 529. The van der Waals surface area contributed by atoms with Crippen LogP contribution in [0.2, 0.25) is 0 Å². The highest BCUT2D eigenvalue weighted by atomic mass is 16.5. The van der Waals surface area contributed by atoms with Crippen LogP contribution >= 0.6 is 0 Å². The lowest BCUT2D eigenvalue weighted by Gasteiger charge is -2.25. The fraction of sp³-hybridized carbons (Fsp3) is 0.467. The van der Waals surface area contributed by atoms with Crippen molar-refractivity contribution in [2.75, 3.05) is 20.8 Å². The highest BCUT2D eigenvalue weighted by Gasteiger charge is 2.34. The van der Waals surface area contributed by atoms with Crippen molar-refractivity contribution >= 4 is 11.9 Å². The lowest BCUT2D eigenvalue weighted by atomic mass is 10.0. The number of hydrogen-bond donors (Lipinski definition) is 2. The number of carboxylic acids is 1. The summed E-state index contributed by atoms with van der Waals surface area (Å²) in [4.78, 5) is 23.3. The molecule has 0 aliphatic carbocycles. The third-order valence-corrected chi connectivity index (χ3v) is 3.16. The zero-order valence-corrected chi connectivity index (χ0v) is 12.7. The standard InChI is InChI=1S/C15H21NO5/c1-10-5-6-11(7-12(10)21-4)8-13(17)16-15(2,9-20-3)14(18)19/h5-7H,8-9H2,1-4H3,(H,16,17)(H,18,19). The van der Waals surface area contributed by atoms with Gasteiger partial charge in [-0.05, 0) is 31.0 Å². The molecule has 2 N–H and O–H groups in total. The zero-order valence-electron chi connectivity index (χ0n) is 12.7. The predicted octanol–water partition coefficient (Wildman–Crippen LogP) is 1.15. The molecule has 0 aliphatic heterocycles. The number of nitrogens with one attached hydrogen (secondary N) is 1. The van der Waals surface area contributed by atoms with Gasteiger partial charge < -0.3 is 19.9 Å². The van der Waals surface area contributed by atoms with Crippen molar-refractivity contribution in [3.05, 3.63) is 29.3 Å². The third kappa shape index (κ3) is 4.46. The Morgan fingerprint density at radius 3 is 2.52 bits per heavy atom. The van der Waals surface area contributed by atoms with Gasteiger partial charge in [-0.3, -0.25) is 4.79 Å². The Labute approximate surface area is 124 Å². The monoisotopic (exact) mass is 295 g/mol. The van der Waals surface area contributed by atoms with Crippen molar-refractivity contribution in [1.29, 1.82) is 0 Å². The second-order valence-corrected chi connectivity index (χ2v) is 5.10. The fourth-order valence-corrected chi connectivity index (χ4v) is 1.95. The zero-order chi connectivity index (χ0) is 16.0. The smallest absolute Gasteiger partial charge is 0.331 e. The van der Waals surface area contributed by atoms with Gasteiger partial charge in [0.25, 0.3) is 0 Å². The SMILES string of the molecule is COCC(C)(NC(=O)Cc1ccc(C)c(OC)c1)C(=O)O. The van der Waals surface area contributed by atoms with E-state index in [9.17, 15) is 14.7 Å². The molecule has 6 heteroatoms. The molecular weight excluding hydrogens is 274 g/mol. The number of hydrogen-bond acceptors (Lipinski definition) is 4. The quantitative estimate of drug-likeness (QED) is 0.788. The van der Waals surface area contributed by atoms with E-state index in [1.54, 1.807) is 13.2 Å². The molecule has 0 aromatic heterocycles. The number of carbonyl (C=O) groups excluding carboxylic acids is 1. The molecule has 1 aromatic carbocycles. The Kier molecular flexibility index (Phi) is 5.72. The molecule has 21 heavy (non-hydrogen) atoms. The molecule has 1 aromatic rings. The van der Waals surface area contributed by atoms with Crippen molar-refractivity contribution in [3.8, 4) is 5.75 Å². The molecule has 1 unspecified atom stereocenters. The number of rotatable bonds is 7. The number of aryl methyl sites for hydroxylation is 1. The van der Waals surface area contributed by atoms with Gasteiger partial charge in [-0.2, -0.15) is 0 Å². The van der Waals surface area contributed by atoms with Crippen LogP contribution in [0.25, 0.3) is 0 Å². The Balaban J connectivity index is 2.79. The minimum Gasteiger partial charge on any atom is -0.496 e. The van der Waals surface area contributed by atoms with Crippen LogP contribution in [0.5, 0.6) is 5.75 Å². The van der Waals surface area contributed by atoms with Gasteiger partial charge in [0.05, 0.1) is 20.1 Å². The number of methoxy groups -OCH3 is 2. The summed E-state index contributed by atoms with van der Waals surface area (Å²) in [6.45, 7) is 3.21. The van der Waals surface area contributed by atoms with Crippen LogP contribution < -0.4 is 10.1 Å². The van der Waals surface area contributed by atoms with Crippen LogP contribution in [0, 0.1) is 6.92 Å². The lowest BCUT2D eigenvalue weighted by Crippen LogP contribution is -2.55. The number of amides is 1. The summed E-state index contributed by atoms with van der Waals surface area (Å²) in [6, 6.07) is 5.43. The van der Waals surface area contributed by atoms with E-state index < -0.39 is 11.5 Å². The molecule has 0 saturated heterocycles. The van der Waals surface area contributed by atoms with Crippen LogP contribution in [-0.2, 0) is 20.7 Å². The molecule has 1 atom stereocenters. The molecule has 0 radical (unpaired) electrons. The summed E-state index contributed by atoms with van der Waals surface area (Å²) in [7, 11) is 2.95. The summed E-state index contributed by atoms with van der Waals surface area (Å²) in [6.07, 6.45) is 0.0726. The molecule has 0 heterocycles. The van der Waals surface area contributed by atoms with Crippen LogP contribution in [0.15, 0.2) is 18.2 Å². The maximum atomic E-state index is 12.0. The second-order valence-electron chi connectivity index (χ2n) is 5.10. The molecule has 0 fully saturated rings. The lowest BCUT2D eigenvalue weighted by molar-refractivity contribution is -0.149. The highest BCUT2D eigenvalue weighted by molar-refractivity contribution is 5.87. The molecular formula is C15H21NO5. The number of aliphatic carboxylic acids is 1. The van der Waals surface area contributed by atoms with E-state index >= 15 is 0 Å². The maximum absolute atomic E-state index is 12.0. The second kappa shape index (κ2) is 7.08. The molecule has 0 bridgehead atoms. The van der Waals surface area contributed by atoms with Gasteiger partial charge in [0.1, 0.15) is 5.75 Å². The predicted molar refractivity (Wildman–Crippen MR) is 77.5 cm³/mol. The average Bonchev–Trinajstić information content (AvgIpc) is 2.40. The summed E-state index contributed by atoms with van der Waals surface area (Å²) in [5, 5.41) is 11.7. The number of ether oxygens (including phenoxy) is 2. The first-order chi connectivity index (χ1) is 9.82. The Morgan fingerprint density at radius 2 is 2.00 bits per heavy atom. The molecule has 1 rings (SSSR count). The molecule has 0 aliphatic rings. The van der Waals surface area contributed by atoms with Crippen LogP contribution in [0.1, 0.15) is 18.1 Å². The molecule has 1 amide bonds. The summed E-state index contributed by atoms with van der Waals surface area (Å²) in [5.74, 6) is -0.833. The maximum Gasteiger partial charge on any atom is 0.331 e. The minimum absolute atomic E-state index is 0.0726. The first-order valence-corrected chi connectivity index (χ1v) is 6.49. The van der Waals surface area contributed by atoms with Crippen molar-refractivity contribution in [1.82, 2.24) is 5.32 Å². The van der Waals surface area contributed by atoms with Gasteiger partial charge >= 0.3 is 5.97 Å². The first-order valence-electron chi connectivity index (χ1n) is 6.49. The normalized spacial score (nSPS) is 13.3. The Morgan fingerprint density at radius 1 is 1.33 bits per heavy atom. The van der Waals surface area contributed by atoms with E-state index in [2.05, 4.69) is 5.32 Å². The van der Waals surface area contributed by atoms with Gasteiger partial charge in [-0.25, -0.2) is 4.79 Å². The first kappa shape index (κ1) is 17.0. The number of carbonyl (C=O) groups is 2. The summed E-state index contributed by atoms with van der Waals surface area (Å²) >= 11 is 0. The van der Waals surface area contributed by atoms with Gasteiger partial charge in [0.2, 0.25) is 5.91 Å². The number of carboxylic acid groups (broad SMARTS) is 1. The van der Waals surface area contributed by atoms with Gasteiger partial charge in [-0.15, -0.1) is 0 Å². The minimum atomic E-state index is -1.44. The van der Waals surface area contributed by atoms with Gasteiger partial charge in [0.15, 0.2) is 5.54 Å². The highest BCUT2D eigenvalue weighted by Crippen LogP contribution is 2.19. The van der Waals surface area contributed by atoms with E-state index in [1.807, 2.05) is 19.1 Å². The van der Waals surface area contributed by atoms with E-state index in [0.29, 0.717) is 5.75 Å². The molecule has 0 saturated carbocycles. The van der Waals surface area contributed by atoms with Crippen LogP contribution in [0.4, 0.5) is 0 Å². The summed E-state index contributed by atoms with van der Waals surface area (Å²) in [5.41, 5.74) is 0.275. The fourth-order valence-electron chi connectivity index (χ4n) is 1.95. The Hall–Kier alpha value is -2.08. The molecule has 0 spiro atoms. The topological polar surface area (TPSA) is 84.9 Å². The number of benzene rings is 1. The van der Waals surface area contributed by atoms with Gasteiger partial charge in [0, 0.05) is 7.11 Å². The van der Waals surface area contributed by atoms with Gasteiger partial charge in [-0.1, -0.05) is 12.1 Å². The van der Waals surface area contributed by atoms with Crippen molar-refractivity contribution < 1.29 is 24.2 Å². The molecule has 6 nitrogen and oxygen atoms in total. The summed E-state index contributed by atoms with van der Waals surface area (Å²) < 4.78 is 10.1. The van der Waals surface area contributed by atoms with Crippen molar-refractivity contribution in [3.63, 3.8) is 0 Å². The van der Waals surface area contributed by atoms with E-state index in [4.69, 9.17) is 9.47 Å². The van der Waals surface area contributed by atoms with Crippen molar-refractivity contribution in [2.24, 2.45) is 0 Å². The van der Waals surface area contributed by atoms with Crippen LogP contribution in [0.3, 0.4) is 0 Å². The van der Waals surface area contributed by atoms with Crippen LogP contribution in [-0.4, -0.2) is 43.3 Å². The van der Waals surface area contributed by atoms with E-state index in [1.165, 1.54) is 14.0 Å². The van der Waals surface area contributed by atoms with E-state index in [0.717, 1.165) is 11.1 Å². The molecule has 116 valence electrons. The largest absolute Gasteiger partial charge is 0.496 e. The third-order valence-electron chi connectivity index (χ3n) is 3.16.